The average Bonchev–Trinajstić information content (AvgIpc) is 2.48. The van der Waals surface area contributed by atoms with Crippen molar-refractivity contribution in [2.45, 2.75) is 40.0 Å². The Morgan fingerprint density at radius 3 is 2.78 bits per heavy atom. The van der Waals surface area contributed by atoms with Gasteiger partial charge in [0.05, 0.1) is 6.61 Å². The number of carbonyl (C=O) groups excluding carboxylic acids is 1. The van der Waals surface area contributed by atoms with Gasteiger partial charge in [-0.05, 0) is 48.9 Å². The van der Waals surface area contributed by atoms with Gasteiger partial charge in [0.15, 0.2) is 0 Å². The molecule has 0 saturated heterocycles. The van der Waals surface area contributed by atoms with Crippen LogP contribution >= 0.6 is 11.8 Å². The highest BCUT2D eigenvalue weighted by Gasteiger charge is 2.21. The molecule has 0 radical (unpaired) electrons. The van der Waals surface area contributed by atoms with Crippen molar-refractivity contribution in [1.82, 2.24) is 0 Å². The van der Waals surface area contributed by atoms with Gasteiger partial charge in [-0.1, -0.05) is 20.8 Å². The lowest BCUT2D eigenvalue weighted by molar-refractivity contribution is -0.112. The van der Waals surface area contributed by atoms with Gasteiger partial charge in [-0.25, -0.2) is 4.39 Å². The molecule has 1 heterocycles. The fraction of sp³-hybridized carbons (Fsp3) is 0.500. The third-order valence-corrected chi connectivity index (χ3v) is 4.92. The van der Waals surface area contributed by atoms with E-state index in [4.69, 9.17) is 4.74 Å². The molecule has 0 saturated carbocycles. The number of halogens is 1. The number of thioether (sulfide) groups is 1. The molecule has 1 aromatic rings. The fourth-order valence-corrected chi connectivity index (χ4v) is 3.61. The van der Waals surface area contributed by atoms with E-state index >= 15 is 0 Å². The van der Waals surface area contributed by atoms with Gasteiger partial charge in [-0.3, -0.25) is 4.79 Å². The number of hydrogen-bond acceptors (Lipinski definition) is 3. The first-order valence-electron chi connectivity index (χ1n) is 7.95. The highest BCUT2D eigenvalue weighted by Crippen LogP contribution is 2.32. The van der Waals surface area contributed by atoms with Crippen LogP contribution in [0.1, 0.15) is 45.6 Å². The molecule has 1 unspecified atom stereocenters. The Morgan fingerprint density at radius 1 is 1.39 bits per heavy atom. The summed E-state index contributed by atoms with van der Waals surface area (Å²) in [6.07, 6.45) is 0.936. The summed E-state index contributed by atoms with van der Waals surface area (Å²) in [6.45, 7) is 8.76. The van der Waals surface area contributed by atoms with Crippen molar-refractivity contribution >= 4 is 23.4 Å². The lowest BCUT2D eigenvalue weighted by atomic mass is 9.90. The maximum Gasteiger partial charge on any atom is 0.265 e. The second-order valence-electron chi connectivity index (χ2n) is 6.30. The van der Waals surface area contributed by atoms with Gasteiger partial charge in [0, 0.05) is 11.4 Å². The minimum absolute atomic E-state index is 0.173. The summed E-state index contributed by atoms with van der Waals surface area (Å²) < 4.78 is 19.1. The van der Waals surface area contributed by atoms with E-state index in [-0.39, 0.29) is 17.6 Å². The van der Waals surface area contributed by atoms with Gasteiger partial charge in [-0.2, -0.15) is 0 Å². The molecule has 1 aliphatic heterocycles. The van der Waals surface area contributed by atoms with E-state index in [2.05, 4.69) is 26.1 Å². The van der Waals surface area contributed by atoms with Crippen LogP contribution in [0.4, 0.5) is 10.1 Å². The second kappa shape index (κ2) is 7.86. The van der Waals surface area contributed by atoms with Crippen LogP contribution in [0.25, 0.3) is 0 Å². The highest BCUT2D eigenvalue weighted by molar-refractivity contribution is 8.04. The maximum absolute atomic E-state index is 13.7. The van der Waals surface area contributed by atoms with Crippen molar-refractivity contribution in [3.05, 3.63) is 40.2 Å². The lowest BCUT2D eigenvalue weighted by Crippen LogP contribution is -2.19. The smallest absolute Gasteiger partial charge is 0.265 e. The van der Waals surface area contributed by atoms with Crippen LogP contribution in [0.15, 0.2) is 28.9 Å². The number of amides is 1. The lowest BCUT2D eigenvalue weighted by Gasteiger charge is -2.21. The molecule has 1 aromatic carbocycles. The van der Waals surface area contributed by atoms with Crippen molar-refractivity contribution in [3.63, 3.8) is 0 Å². The number of carbonyl (C=O) groups is 1. The summed E-state index contributed by atoms with van der Waals surface area (Å²) in [4.78, 5) is 13.1. The molecule has 1 amide bonds. The van der Waals surface area contributed by atoms with Crippen LogP contribution in [0.2, 0.25) is 0 Å². The molecule has 1 N–H and O–H groups in total. The first-order valence-corrected chi connectivity index (χ1v) is 8.94. The van der Waals surface area contributed by atoms with E-state index in [9.17, 15) is 9.18 Å². The summed E-state index contributed by atoms with van der Waals surface area (Å²) in [7, 11) is 0. The van der Waals surface area contributed by atoms with Crippen LogP contribution in [0.3, 0.4) is 0 Å². The molecule has 126 valence electrons. The predicted octanol–water partition coefficient (Wildman–Crippen LogP) is 4.91. The van der Waals surface area contributed by atoms with Gasteiger partial charge < -0.3 is 10.1 Å². The van der Waals surface area contributed by atoms with E-state index in [0.29, 0.717) is 28.9 Å². The summed E-state index contributed by atoms with van der Waals surface area (Å²) in [5.41, 5.74) is 1.52. The number of allylic oxidation sites excluding steroid dienone is 1. The minimum Gasteiger partial charge on any atom is -0.496 e. The number of benzene rings is 1. The van der Waals surface area contributed by atoms with Crippen molar-refractivity contribution in [2.75, 3.05) is 17.7 Å². The largest absolute Gasteiger partial charge is 0.496 e. The number of ether oxygens (including phenoxy) is 1. The molecular formula is C18H24FNO2S. The molecule has 2 rings (SSSR count). The summed E-state index contributed by atoms with van der Waals surface area (Å²) in [5.74, 6) is 1.63. The van der Waals surface area contributed by atoms with Gasteiger partial charge in [0.25, 0.3) is 5.91 Å². The van der Waals surface area contributed by atoms with Crippen molar-refractivity contribution in [1.29, 1.82) is 0 Å². The van der Waals surface area contributed by atoms with Crippen molar-refractivity contribution < 1.29 is 13.9 Å². The van der Waals surface area contributed by atoms with Gasteiger partial charge in [-0.15, -0.1) is 11.8 Å². The Morgan fingerprint density at radius 2 is 2.13 bits per heavy atom. The van der Waals surface area contributed by atoms with Gasteiger partial charge in [0.1, 0.15) is 16.5 Å². The molecule has 0 fully saturated rings. The summed E-state index contributed by atoms with van der Waals surface area (Å²) in [5, 5.41) is 2.93. The van der Waals surface area contributed by atoms with Crippen LogP contribution in [0, 0.1) is 11.7 Å². The van der Waals surface area contributed by atoms with Crippen LogP contribution in [0.5, 0.6) is 0 Å². The quantitative estimate of drug-likeness (QED) is 0.830. The standard InChI is InChI=1S/C18H24FNO2S/c1-11(2)9-12(3)15-10-14(19)5-6-16(15)20-18(21)17-13(4)22-7-8-23-17/h5-6,10-12H,7-9H2,1-4H3,(H,20,21). The van der Waals surface area contributed by atoms with E-state index in [1.807, 2.05) is 0 Å². The van der Waals surface area contributed by atoms with Gasteiger partial charge in [0.2, 0.25) is 0 Å². The van der Waals surface area contributed by atoms with Crippen LogP contribution in [-0.2, 0) is 9.53 Å². The molecular weight excluding hydrogens is 313 g/mol. The predicted molar refractivity (Wildman–Crippen MR) is 94.0 cm³/mol. The molecule has 3 nitrogen and oxygen atoms in total. The van der Waals surface area contributed by atoms with Gasteiger partial charge >= 0.3 is 0 Å². The van der Waals surface area contributed by atoms with E-state index in [1.165, 1.54) is 23.9 Å². The average molecular weight is 337 g/mol. The van der Waals surface area contributed by atoms with Crippen molar-refractivity contribution in [3.8, 4) is 0 Å². The monoisotopic (exact) mass is 337 g/mol. The van der Waals surface area contributed by atoms with Crippen LogP contribution < -0.4 is 5.32 Å². The van der Waals surface area contributed by atoms with Crippen LogP contribution in [-0.4, -0.2) is 18.3 Å². The zero-order valence-corrected chi connectivity index (χ0v) is 14.9. The molecule has 1 aliphatic rings. The number of rotatable bonds is 5. The van der Waals surface area contributed by atoms with E-state index in [1.54, 1.807) is 13.0 Å². The second-order valence-corrected chi connectivity index (χ2v) is 7.40. The molecule has 0 aromatic heterocycles. The third kappa shape index (κ3) is 4.74. The number of anilines is 1. The maximum atomic E-state index is 13.7. The fourth-order valence-electron chi connectivity index (χ4n) is 2.80. The highest BCUT2D eigenvalue weighted by atomic mass is 32.2. The van der Waals surface area contributed by atoms with E-state index in [0.717, 1.165) is 17.7 Å². The van der Waals surface area contributed by atoms with E-state index < -0.39 is 0 Å². The first kappa shape index (κ1) is 17.9. The molecule has 0 bridgehead atoms. The molecule has 23 heavy (non-hydrogen) atoms. The molecule has 0 aliphatic carbocycles. The SMILES string of the molecule is CC1=C(C(=O)Nc2ccc(F)cc2C(C)CC(C)C)SCCO1. The number of nitrogens with one attached hydrogen (secondary N) is 1. The zero-order chi connectivity index (χ0) is 17.0. The third-order valence-electron chi connectivity index (χ3n) is 3.79. The molecule has 0 spiro atoms. The van der Waals surface area contributed by atoms with Crippen molar-refractivity contribution in [2.24, 2.45) is 5.92 Å². The Kier molecular flexibility index (Phi) is 6.10. The number of hydrogen-bond donors (Lipinski definition) is 1. The summed E-state index contributed by atoms with van der Waals surface area (Å²) >= 11 is 1.50. The Hall–Kier alpha value is -1.49. The first-order chi connectivity index (χ1) is 10.9. The zero-order valence-electron chi connectivity index (χ0n) is 14.1. The normalized spacial score (nSPS) is 16.3. The topological polar surface area (TPSA) is 38.3 Å². The Balaban J connectivity index is 2.24. The Labute approximate surface area is 141 Å². The Bertz CT molecular complexity index is 613. The molecule has 5 heteroatoms. The summed E-state index contributed by atoms with van der Waals surface area (Å²) in [6, 6.07) is 4.55. The molecule has 1 atom stereocenters. The minimum atomic E-state index is -0.278.